The van der Waals surface area contributed by atoms with Crippen molar-refractivity contribution in [2.45, 2.75) is 38.0 Å². The fourth-order valence-corrected chi connectivity index (χ4v) is 2.84. The minimum atomic E-state index is -2.56. The maximum atomic E-state index is 13.0. The Bertz CT molecular complexity index is 374. The van der Waals surface area contributed by atoms with Gasteiger partial charge in [-0.3, -0.25) is 9.59 Å². The van der Waals surface area contributed by atoms with Crippen LogP contribution in [0.25, 0.3) is 0 Å². The summed E-state index contributed by atoms with van der Waals surface area (Å²) >= 11 is 0. The average molecular weight is 303 g/mol. The first kappa shape index (κ1) is 16.1. The number of hydrogen-bond donors (Lipinski definition) is 2. The van der Waals surface area contributed by atoms with E-state index in [0.717, 1.165) is 13.1 Å². The highest BCUT2D eigenvalue weighted by molar-refractivity contribution is 5.84. The molecule has 2 amide bonds. The van der Waals surface area contributed by atoms with Crippen molar-refractivity contribution in [3.8, 4) is 0 Å². The Morgan fingerprint density at radius 3 is 2.43 bits per heavy atom. The van der Waals surface area contributed by atoms with Crippen LogP contribution in [0.15, 0.2) is 0 Å². The minimum absolute atomic E-state index is 0.00170. The van der Waals surface area contributed by atoms with Gasteiger partial charge < -0.3 is 15.5 Å². The van der Waals surface area contributed by atoms with Crippen LogP contribution in [-0.2, 0) is 9.59 Å². The molecule has 21 heavy (non-hydrogen) atoms. The molecule has 120 valence electrons. The van der Waals surface area contributed by atoms with E-state index in [1.807, 2.05) is 0 Å². The largest absolute Gasteiger partial charge is 0.347 e. The lowest BCUT2D eigenvalue weighted by Crippen LogP contribution is -2.49. The molecule has 0 radical (unpaired) electrons. The number of piperazine rings is 1. The van der Waals surface area contributed by atoms with Crippen LogP contribution in [0.3, 0.4) is 0 Å². The van der Waals surface area contributed by atoms with E-state index in [-0.39, 0.29) is 43.5 Å². The standard InChI is InChI=1S/C14H23F2N3O2/c15-14(16)3-1-11(2-4-14)9-12(20)18-10-13(21)19-7-5-17-6-8-19/h11,17H,1-10H2,(H,18,20). The quantitative estimate of drug-likeness (QED) is 0.806. The van der Waals surface area contributed by atoms with Gasteiger partial charge in [0, 0.05) is 45.4 Å². The van der Waals surface area contributed by atoms with Gasteiger partial charge in [-0.05, 0) is 18.8 Å². The zero-order valence-electron chi connectivity index (χ0n) is 12.2. The summed E-state index contributed by atoms with van der Waals surface area (Å²) in [6.45, 7) is 2.87. The fraction of sp³-hybridized carbons (Fsp3) is 0.857. The van der Waals surface area contributed by atoms with Crippen molar-refractivity contribution in [2.24, 2.45) is 5.92 Å². The molecular weight excluding hydrogens is 280 g/mol. The summed E-state index contributed by atoms with van der Waals surface area (Å²) in [6.07, 6.45) is 0.735. The summed E-state index contributed by atoms with van der Waals surface area (Å²) in [4.78, 5) is 25.4. The number of hydrogen-bond acceptors (Lipinski definition) is 3. The molecule has 0 bridgehead atoms. The zero-order valence-corrected chi connectivity index (χ0v) is 12.2. The molecule has 5 nitrogen and oxygen atoms in total. The number of alkyl halides is 2. The van der Waals surface area contributed by atoms with Crippen molar-refractivity contribution >= 4 is 11.8 Å². The lowest BCUT2D eigenvalue weighted by molar-refractivity contribution is -0.133. The van der Waals surface area contributed by atoms with Crippen molar-refractivity contribution in [1.82, 2.24) is 15.5 Å². The highest BCUT2D eigenvalue weighted by Crippen LogP contribution is 2.37. The fourth-order valence-electron chi connectivity index (χ4n) is 2.84. The van der Waals surface area contributed by atoms with Gasteiger partial charge in [-0.25, -0.2) is 8.78 Å². The van der Waals surface area contributed by atoms with E-state index in [0.29, 0.717) is 25.9 Å². The van der Waals surface area contributed by atoms with Crippen LogP contribution in [-0.4, -0.2) is 55.4 Å². The number of carbonyl (C=O) groups is 2. The molecule has 0 aromatic carbocycles. The molecule has 1 saturated carbocycles. The molecular formula is C14H23F2N3O2. The molecule has 0 unspecified atom stereocenters. The summed E-state index contributed by atoms with van der Waals surface area (Å²) in [5, 5.41) is 5.76. The molecule has 0 aromatic heterocycles. The summed E-state index contributed by atoms with van der Waals surface area (Å²) < 4.78 is 26.0. The van der Waals surface area contributed by atoms with Crippen molar-refractivity contribution < 1.29 is 18.4 Å². The maximum Gasteiger partial charge on any atom is 0.248 e. The van der Waals surface area contributed by atoms with E-state index >= 15 is 0 Å². The van der Waals surface area contributed by atoms with E-state index in [9.17, 15) is 18.4 Å². The van der Waals surface area contributed by atoms with E-state index < -0.39 is 5.92 Å². The van der Waals surface area contributed by atoms with Gasteiger partial charge in [0.2, 0.25) is 17.7 Å². The molecule has 2 rings (SSSR count). The van der Waals surface area contributed by atoms with Gasteiger partial charge in [0.1, 0.15) is 0 Å². The molecule has 7 heteroatoms. The van der Waals surface area contributed by atoms with Gasteiger partial charge in [-0.1, -0.05) is 0 Å². The number of nitrogens with zero attached hydrogens (tertiary/aromatic N) is 1. The van der Waals surface area contributed by atoms with E-state index in [1.165, 1.54) is 0 Å². The van der Waals surface area contributed by atoms with Crippen LogP contribution in [0.2, 0.25) is 0 Å². The second kappa shape index (κ2) is 7.15. The van der Waals surface area contributed by atoms with Crippen molar-refractivity contribution in [3.63, 3.8) is 0 Å². The lowest BCUT2D eigenvalue weighted by Gasteiger charge is -2.28. The van der Waals surface area contributed by atoms with Crippen LogP contribution >= 0.6 is 0 Å². The second-order valence-electron chi connectivity index (χ2n) is 5.91. The first-order valence-electron chi connectivity index (χ1n) is 7.59. The van der Waals surface area contributed by atoms with Crippen LogP contribution in [0.5, 0.6) is 0 Å². The molecule has 1 saturated heterocycles. The molecule has 1 aliphatic heterocycles. The number of carbonyl (C=O) groups excluding carboxylic acids is 2. The minimum Gasteiger partial charge on any atom is -0.347 e. The number of rotatable bonds is 4. The molecule has 2 fully saturated rings. The monoisotopic (exact) mass is 303 g/mol. The molecule has 1 aliphatic carbocycles. The van der Waals surface area contributed by atoms with Gasteiger partial charge in [0.25, 0.3) is 0 Å². The molecule has 0 spiro atoms. The highest BCUT2D eigenvalue weighted by Gasteiger charge is 2.35. The number of halogens is 2. The third-order valence-electron chi connectivity index (χ3n) is 4.22. The predicted octanol–water partition coefficient (Wildman–Crippen LogP) is 0.750. The Labute approximate surface area is 123 Å². The van der Waals surface area contributed by atoms with E-state index in [1.54, 1.807) is 4.90 Å². The smallest absolute Gasteiger partial charge is 0.248 e. The lowest BCUT2D eigenvalue weighted by atomic mass is 9.84. The van der Waals surface area contributed by atoms with Crippen molar-refractivity contribution in [2.75, 3.05) is 32.7 Å². The van der Waals surface area contributed by atoms with Gasteiger partial charge in [0.15, 0.2) is 0 Å². The van der Waals surface area contributed by atoms with Crippen LogP contribution < -0.4 is 10.6 Å². The van der Waals surface area contributed by atoms with Gasteiger partial charge in [-0.15, -0.1) is 0 Å². The highest BCUT2D eigenvalue weighted by atomic mass is 19.3. The molecule has 2 N–H and O–H groups in total. The van der Waals surface area contributed by atoms with Crippen LogP contribution in [0.4, 0.5) is 8.78 Å². The van der Waals surface area contributed by atoms with Crippen molar-refractivity contribution in [3.05, 3.63) is 0 Å². The Balaban J connectivity index is 1.64. The Hall–Kier alpha value is -1.24. The van der Waals surface area contributed by atoms with Crippen molar-refractivity contribution in [1.29, 1.82) is 0 Å². The third kappa shape index (κ3) is 5.22. The summed E-state index contributed by atoms with van der Waals surface area (Å²) in [5.41, 5.74) is 0. The van der Waals surface area contributed by atoms with Crippen LogP contribution in [0.1, 0.15) is 32.1 Å². The molecule has 0 aromatic rings. The Morgan fingerprint density at radius 1 is 1.19 bits per heavy atom. The molecule has 2 aliphatic rings. The summed E-state index contributed by atoms with van der Waals surface area (Å²) in [7, 11) is 0. The third-order valence-corrected chi connectivity index (χ3v) is 4.22. The van der Waals surface area contributed by atoms with Gasteiger partial charge in [-0.2, -0.15) is 0 Å². The molecule has 1 heterocycles. The number of amides is 2. The first-order valence-corrected chi connectivity index (χ1v) is 7.59. The summed E-state index contributed by atoms with van der Waals surface area (Å²) in [6, 6.07) is 0. The van der Waals surface area contributed by atoms with E-state index in [4.69, 9.17) is 0 Å². The normalized spacial score (nSPS) is 22.9. The maximum absolute atomic E-state index is 13.0. The Morgan fingerprint density at radius 2 is 1.81 bits per heavy atom. The second-order valence-corrected chi connectivity index (χ2v) is 5.91. The SMILES string of the molecule is O=C(CC1CCC(F)(F)CC1)NCC(=O)N1CCNCC1. The van der Waals surface area contributed by atoms with E-state index in [2.05, 4.69) is 10.6 Å². The topological polar surface area (TPSA) is 61.4 Å². The Kier molecular flexibility index (Phi) is 5.50. The van der Waals surface area contributed by atoms with Gasteiger partial charge >= 0.3 is 0 Å². The van der Waals surface area contributed by atoms with Gasteiger partial charge in [0.05, 0.1) is 6.54 Å². The first-order chi connectivity index (χ1) is 9.96. The predicted molar refractivity (Wildman–Crippen MR) is 74.0 cm³/mol. The average Bonchev–Trinajstić information content (AvgIpc) is 2.48. The summed E-state index contributed by atoms with van der Waals surface area (Å²) in [5.74, 6) is -2.85. The zero-order chi connectivity index (χ0) is 15.3. The molecule has 0 atom stereocenters. The number of nitrogens with one attached hydrogen (secondary N) is 2. The van der Waals surface area contributed by atoms with Crippen LogP contribution in [0, 0.1) is 5.92 Å².